The van der Waals surface area contributed by atoms with Crippen molar-refractivity contribution in [2.24, 2.45) is 0 Å². The summed E-state index contributed by atoms with van der Waals surface area (Å²) in [5.41, 5.74) is -0.458. The summed E-state index contributed by atoms with van der Waals surface area (Å²) in [5, 5.41) is 13.4. The van der Waals surface area contributed by atoms with Crippen molar-refractivity contribution >= 4 is 6.09 Å². The summed E-state index contributed by atoms with van der Waals surface area (Å²) in [4.78, 5) is 11.2. The van der Waals surface area contributed by atoms with Gasteiger partial charge in [0.1, 0.15) is 11.9 Å². The number of amides is 1. The SMILES string of the molecule is CC(C)(C)OC(=O)NCCCn1cnnn1. The highest BCUT2D eigenvalue weighted by Crippen LogP contribution is 2.06. The van der Waals surface area contributed by atoms with E-state index in [9.17, 15) is 4.79 Å². The number of hydrogen-bond donors (Lipinski definition) is 1. The van der Waals surface area contributed by atoms with Crippen LogP contribution in [0.4, 0.5) is 4.79 Å². The highest BCUT2D eigenvalue weighted by molar-refractivity contribution is 5.67. The van der Waals surface area contributed by atoms with E-state index >= 15 is 0 Å². The zero-order chi connectivity index (χ0) is 12.0. The molecule has 0 radical (unpaired) electrons. The van der Waals surface area contributed by atoms with E-state index in [-0.39, 0.29) is 0 Å². The fraction of sp³-hybridized carbons (Fsp3) is 0.778. The van der Waals surface area contributed by atoms with Crippen LogP contribution in [-0.2, 0) is 11.3 Å². The van der Waals surface area contributed by atoms with Crippen molar-refractivity contribution in [1.82, 2.24) is 25.5 Å². The van der Waals surface area contributed by atoms with Gasteiger partial charge in [-0.2, -0.15) is 0 Å². The van der Waals surface area contributed by atoms with Crippen molar-refractivity contribution in [3.8, 4) is 0 Å². The lowest BCUT2D eigenvalue weighted by atomic mass is 10.2. The average Bonchev–Trinajstić information content (AvgIpc) is 2.62. The summed E-state index contributed by atoms with van der Waals surface area (Å²) in [6.45, 7) is 6.69. The first kappa shape index (κ1) is 12.4. The van der Waals surface area contributed by atoms with Gasteiger partial charge in [-0.1, -0.05) is 0 Å². The smallest absolute Gasteiger partial charge is 0.407 e. The minimum absolute atomic E-state index is 0.399. The van der Waals surface area contributed by atoms with E-state index in [1.165, 1.54) is 6.33 Å². The Bertz CT molecular complexity index is 317. The predicted molar refractivity (Wildman–Crippen MR) is 56.7 cm³/mol. The van der Waals surface area contributed by atoms with Crippen LogP contribution in [0.25, 0.3) is 0 Å². The molecule has 0 saturated carbocycles. The lowest BCUT2D eigenvalue weighted by Gasteiger charge is -2.19. The van der Waals surface area contributed by atoms with Crippen LogP contribution in [0, 0.1) is 0 Å². The van der Waals surface area contributed by atoms with Gasteiger partial charge >= 0.3 is 6.09 Å². The molecule has 0 aliphatic carbocycles. The van der Waals surface area contributed by atoms with Crippen LogP contribution in [0.5, 0.6) is 0 Å². The van der Waals surface area contributed by atoms with E-state index in [0.717, 1.165) is 6.42 Å². The molecule has 0 bridgehead atoms. The Hall–Kier alpha value is -1.66. The van der Waals surface area contributed by atoms with Crippen LogP contribution >= 0.6 is 0 Å². The topological polar surface area (TPSA) is 81.9 Å². The molecule has 90 valence electrons. The second-order valence-electron chi connectivity index (χ2n) is 4.36. The summed E-state index contributed by atoms with van der Waals surface area (Å²) in [6, 6.07) is 0. The van der Waals surface area contributed by atoms with Gasteiger partial charge in [0.25, 0.3) is 0 Å². The molecule has 1 N–H and O–H groups in total. The molecule has 0 spiro atoms. The van der Waals surface area contributed by atoms with Crippen molar-refractivity contribution in [2.75, 3.05) is 6.54 Å². The molecule has 16 heavy (non-hydrogen) atoms. The molecule has 0 unspecified atom stereocenters. The fourth-order valence-electron chi connectivity index (χ4n) is 1.03. The quantitative estimate of drug-likeness (QED) is 0.761. The van der Waals surface area contributed by atoms with E-state index < -0.39 is 11.7 Å². The third kappa shape index (κ3) is 5.28. The highest BCUT2D eigenvalue weighted by atomic mass is 16.6. The van der Waals surface area contributed by atoms with Crippen molar-refractivity contribution in [2.45, 2.75) is 39.3 Å². The first-order valence-electron chi connectivity index (χ1n) is 5.15. The van der Waals surface area contributed by atoms with Crippen molar-refractivity contribution < 1.29 is 9.53 Å². The average molecular weight is 227 g/mol. The first-order chi connectivity index (χ1) is 7.47. The number of alkyl carbamates (subject to hydrolysis) is 1. The molecular formula is C9H17N5O2. The maximum absolute atomic E-state index is 11.2. The minimum Gasteiger partial charge on any atom is -0.444 e. The zero-order valence-electron chi connectivity index (χ0n) is 9.80. The van der Waals surface area contributed by atoms with Gasteiger partial charge in [0, 0.05) is 13.1 Å². The van der Waals surface area contributed by atoms with Crippen molar-refractivity contribution in [3.05, 3.63) is 6.33 Å². The molecule has 7 nitrogen and oxygen atoms in total. The summed E-state index contributed by atoms with van der Waals surface area (Å²) in [6.07, 6.45) is 1.89. The fourth-order valence-corrected chi connectivity index (χ4v) is 1.03. The minimum atomic E-state index is -0.458. The molecule has 0 aliphatic rings. The molecule has 1 heterocycles. The van der Waals surface area contributed by atoms with E-state index in [2.05, 4.69) is 20.8 Å². The van der Waals surface area contributed by atoms with E-state index in [4.69, 9.17) is 4.74 Å². The lowest BCUT2D eigenvalue weighted by molar-refractivity contribution is 0.0526. The molecule has 0 aliphatic heterocycles. The van der Waals surface area contributed by atoms with Crippen LogP contribution in [0.2, 0.25) is 0 Å². The molecule has 0 atom stereocenters. The summed E-state index contributed by atoms with van der Waals surface area (Å²) in [5.74, 6) is 0. The van der Waals surface area contributed by atoms with Gasteiger partial charge in [-0.25, -0.2) is 9.48 Å². The molecule has 0 aromatic carbocycles. The third-order valence-electron chi connectivity index (χ3n) is 1.62. The summed E-state index contributed by atoms with van der Waals surface area (Å²) in [7, 11) is 0. The molecular weight excluding hydrogens is 210 g/mol. The predicted octanol–water partition coefficient (Wildman–Crippen LogP) is 0.588. The summed E-state index contributed by atoms with van der Waals surface area (Å²) >= 11 is 0. The van der Waals surface area contributed by atoms with Gasteiger partial charge in [0.2, 0.25) is 0 Å². The lowest BCUT2D eigenvalue weighted by Crippen LogP contribution is -2.33. The first-order valence-corrected chi connectivity index (χ1v) is 5.15. The molecule has 1 aromatic heterocycles. The molecule has 0 saturated heterocycles. The maximum atomic E-state index is 11.2. The molecule has 1 rings (SSSR count). The number of rotatable bonds is 4. The number of nitrogens with zero attached hydrogens (tertiary/aromatic N) is 4. The Morgan fingerprint density at radius 2 is 2.25 bits per heavy atom. The van der Waals surface area contributed by atoms with Gasteiger partial charge in [-0.15, -0.1) is 5.10 Å². The normalized spacial score (nSPS) is 11.2. The highest BCUT2D eigenvalue weighted by Gasteiger charge is 2.15. The number of carbonyl (C=O) groups is 1. The molecule has 1 aromatic rings. The van der Waals surface area contributed by atoms with Gasteiger partial charge in [-0.3, -0.25) is 0 Å². The number of nitrogens with one attached hydrogen (secondary N) is 1. The number of carbonyl (C=O) groups excluding carboxylic acids is 1. The van der Waals surface area contributed by atoms with Crippen LogP contribution < -0.4 is 5.32 Å². The van der Waals surface area contributed by atoms with Gasteiger partial charge < -0.3 is 10.1 Å². The largest absolute Gasteiger partial charge is 0.444 e. The number of aryl methyl sites for hydroxylation is 1. The van der Waals surface area contributed by atoms with Crippen LogP contribution in [0.3, 0.4) is 0 Å². The van der Waals surface area contributed by atoms with Crippen LogP contribution in [0.1, 0.15) is 27.2 Å². The molecule has 0 fully saturated rings. The van der Waals surface area contributed by atoms with Crippen molar-refractivity contribution in [3.63, 3.8) is 0 Å². The van der Waals surface area contributed by atoms with Crippen molar-refractivity contribution in [1.29, 1.82) is 0 Å². The number of tetrazole rings is 1. The Labute approximate surface area is 94.2 Å². The van der Waals surface area contributed by atoms with E-state index in [0.29, 0.717) is 13.1 Å². The van der Waals surface area contributed by atoms with Gasteiger partial charge in [0.15, 0.2) is 0 Å². The maximum Gasteiger partial charge on any atom is 0.407 e. The Morgan fingerprint density at radius 3 is 2.81 bits per heavy atom. The Kier molecular flexibility index (Phi) is 4.21. The van der Waals surface area contributed by atoms with E-state index in [1.807, 2.05) is 20.8 Å². The van der Waals surface area contributed by atoms with Gasteiger partial charge in [0.05, 0.1) is 0 Å². The number of ether oxygens (including phenoxy) is 1. The molecule has 7 heteroatoms. The number of aromatic nitrogens is 4. The second-order valence-corrected chi connectivity index (χ2v) is 4.36. The Balaban J connectivity index is 2.09. The van der Waals surface area contributed by atoms with Crippen LogP contribution in [0.15, 0.2) is 6.33 Å². The molecule has 1 amide bonds. The van der Waals surface area contributed by atoms with E-state index in [1.54, 1.807) is 4.68 Å². The Morgan fingerprint density at radius 1 is 1.50 bits per heavy atom. The van der Waals surface area contributed by atoms with Gasteiger partial charge in [-0.05, 0) is 37.6 Å². The number of hydrogen-bond acceptors (Lipinski definition) is 5. The monoisotopic (exact) mass is 227 g/mol. The third-order valence-corrected chi connectivity index (χ3v) is 1.62. The second kappa shape index (κ2) is 5.43. The zero-order valence-corrected chi connectivity index (χ0v) is 9.80. The van der Waals surface area contributed by atoms with Crippen LogP contribution in [-0.4, -0.2) is 38.4 Å². The summed E-state index contributed by atoms with van der Waals surface area (Å²) < 4.78 is 6.69. The standard InChI is InChI=1S/C9H17N5O2/c1-9(2,3)16-8(15)10-5-4-6-14-7-11-12-13-14/h7H,4-6H2,1-3H3,(H,10,15).